The molecule has 140 valence electrons. The summed E-state index contributed by atoms with van der Waals surface area (Å²) in [6.45, 7) is 0. The Bertz CT molecular complexity index is 741. The molecule has 0 saturated carbocycles. The Morgan fingerprint density at radius 2 is 2.04 bits per heavy atom. The largest absolute Gasteiger partial charge is 0.550 e. The summed E-state index contributed by atoms with van der Waals surface area (Å²) in [4.78, 5) is 32.4. The molecule has 0 aliphatic heterocycles. The van der Waals surface area contributed by atoms with E-state index >= 15 is 0 Å². The zero-order valence-electron chi connectivity index (χ0n) is 13.6. The Hall–Kier alpha value is -2.13. The number of hydrogen-bond donors (Lipinski definition) is 0. The van der Waals surface area contributed by atoms with Crippen LogP contribution < -0.4 is 5.11 Å². The number of carbonyl (C=O) groups is 1. The fourth-order valence-electron chi connectivity index (χ4n) is 2.98. The zero-order valence-corrected chi connectivity index (χ0v) is 15.1. The Morgan fingerprint density at radius 1 is 1.31 bits per heavy atom. The van der Waals surface area contributed by atoms with Crippen LogP contribution in [0.2, 0.25) is 0 Å². The normalized spacial score (nSPS) is 20.5. The van der Waals surface area contributed by atoms with Crippen LogP contribution in [0.1, 0.15) is 19.3 Å². The third kappa shape index (κ3) is 4.95. The molecule has 0 heterocycles. The van der Waals surface area contributed by atoms with Crippen LogP contribution in [0.25, 0.3) is 0 Å². The molecule has 2 rings (SSSR count). The minimum absolute atomic E-state index is 0.168. The Morgan fingerprint density at radius 3 is 2.62 bits per heavy atom. The van der Waals surface area contributed by atoms with Crippen LogP contribution in [0.5, 0.6) is 0 Å². The molecule has 0 amide bonds. The van der Waals surface area contributed by atoms with Crippen molar-refractivity contribution in [2.45, 2.75) is 29.4 Å². The highest BCUT2D eigenvalue weighted by atomic mass is 35.5. The van der Waals surface area contributed by atoms with E-state index in [2.05, 4.69) is 0 Å². The van der Waals surface area contributed by atoms with E-state index in [0.29, 0.717) is 24.2 Å². The van der Waals surface area contributed by atoms with Crippen LogP contribution in [-0.2, 0) is 4.79 Å². The molecule has 1 aliphatic rings. The van der Waals surface area contributed by atoms with Crippen molar-refractivity contribution >= 4 is 40.7 Å². The lowest BCUT2D eigenvalue weighted by molar-refractivity contribution is -0.396. The highest BCUT2D eigenvalue weighted by molar-refractivity contribution is 8.00. The maximum absolute atomic E-state index is 11.3. The second kappa shape index (κ2) is 9.00. The van der Waals surface area contributed by atoms with E-state index in [-0.39, 0.29) is 28.4 Å². The van der Waals surface area contributed by atoms with Gasteiger partial charge in [-0.2, -0.15) is 0 Å². The molecule has 8 nitrogen and oxygen atoms in total. The first-order chi connectivity index (χ1) is 12.3. The Balaban J connectivity index is 2.19. The summed E-state index contributed by atoms with van der Waals surface area (Å²) in [6.07, 6.45) is 5.11. The second-order valence-electron chi connectivity index (χ2n) is 5.89. The molecule has 0 bridgehead atoms. The summed E-state index contributed by atoms with van der Waals surface area (Å²) in [5, 5.41) is 33.2. The second-order valence-corrected chi connectivity index (χ2v) is 7.54. The van der Waals surface area contributed by atoms with Crippen LogP contribution in [-0.4, -0.2) is 26.9 Å². The number of nitro groups is 2. The van der Waals surface area contributed by atoms with Gasteiger partial charge in [-0.25, -0.2) is 0 Å². The van der Waals surface area contributed by atoms with Crippen LogP contribution >= 0.6 is 23.4 Å². The van der Waals surface area contributed by atoms with E-state index in [1.54, 1.807) is 0 Å². The number of halogens is 1. The van der Waals surface area contributed by atoms with Crippen molar-refractivity contribution in [2.24, 2.45) is 11.8 Å². The average molecular weight is 400 g/mol. The molecule has 0 fully saturated rings. The molecule has 1 aromatic rings. The van der Waals surface area contributed by atoms with Gasteiger partial charge in [0.2, 0.25) is 0 Å². The topological polar surface area (TPSA) is 126 Å². The fourth-order valence-corrected chi connectivity index (χ4v) is 4.48. The van der Waals surface area contributed by atoms with Gasteiger partial charge in [0.1, 0.15) is 0 Å². The van der Waals surface area contributed by atoms with Crippen LogP contribution in [0.4, 0.5) is 11.4 Å². The third-order valence-electron chi connectivity index (χ3n) is 4.24. The lowest BCUT2D eigenvalue weighted by Crippen LogP contribution is -2.37. The highest BCUT2D eigenvalue weighted by Crippen LogP contribution is 2.40. The number of carboxylic acids is 1. The lowest BCUT2D eigenvalue weighted by Gasteiger charge is -2.31. The molecule has 1 aromatic carbocycles. The molecule has 26 heavy (non-hydrogen) atoms. The van der Waals surface area contributed by atoms with Gasteiger partial charge < -0.3 is 9.90 Å². The molecule has 0 spiro atoms. The summed E-state index contributed by atoms with van der Waals surface area (Å²) in [7, 11) is 0. The standard InChI is InChI=1S/C16H17ClN2O6S/c17-7-6-13(16(20)21)10-2-1-3-12(8-10)26-15-5-4-11(18(22)23)9-14(15)19(24)25/h1,3-5,9-10,12-13H,2,6-8H2,(H,20,21)/p-1. The van der Waals surface area contributed by atoms with E-state index in [9.17, 15) is 30.1 Å². The van der Waals surface area contributed by atoms with Crippen LogP contribution in [0, 0.1) is 32.1 Å². The number of carbonyl (C=O) groups excluding carboxylic acids is 1. The first-order valence-electron chi connectivity index (χ1n) is 7.86. The van der Waals surface area contributed by atoms with Gasteiger partial charge in [0.15, 0.2) is 0 Å². The molecule has 0 aromatic heterocycles. The first-order valence-corrected chi connectivity index (χ1v) is 9.27. The number of non-ortho nitro benzene ring substituents is 1. The maximum atomic E-state index is 11.3. The minimum atomic E-state index is -1.14. The van der Waals surface area contributed by atoms with Gasteiger partial charge in [0.25, 0.3) is 11.4 Å². The molecule has 0 saturated heterocycles. The summed E-state index contributed by atoms with van der Waals surface area (Å²) < 4.78 is 0. The quantitative estimate of drug-likeness (QED) is 0.284. The van der Waals surface area contributed by atoms with Gasteiger partial charge in [0.05, 0.1) is 20.8 Å². The number of alkyl halides is 1. The van der Waals surface area contributed by atoms with Gasteiger partial charge in [0, 0.05) is 29.1 Å². The molecule has 3 atom stereocenters. The number of hydrogen-bond acceptors (Lipinski definition) is 7. The summed E-state index contributed by atoms with van der Waals surface area (Å²) >= 11 is 6.87. The lowest BCUT2D eigenvalue weighted by atomic mass is 9.81. The Labute approximate surface area is 158 Å². The van der Waals surface area contributed by atoms with Crippen LogP contribution in [0.15, 0.2) is 35.2 Å². The molecular formula is C16H16ClN2O6S-. The van der Waals surface area contributed by atoms with Crippen LogP contribution in [0.3, 0.4) is 0 Å². The minimum Gasteiger partial charge on any atom is -0.550 e. The maximum Gasteiger partial charge on any atom is 0.289 e. The summed E-state index contributed by atoms with van der Waals surface area (Å²) in [6, 6.07) is 3.51. The molecule has 1 aliphatic carbocycles. The molecule has 3 unspecified atom stereocenters. The fraction of sp³-hybridized carbons (Fsp3) is 0.438. The van der Waals surface area contributed by atoms with E-state index in [1.165, 1.54) is 23.9 Å². The Kier molecular flexibility index (Phi) is 6.98. The van der Waals surface area contributed by atoms with Crippen molar-refractivity contribution in [3.8, 4) is 0 Å². The smallest absolute Gasteiger partial charge is 0.289 e. The van der Waals surface area contributed by atoms with Crippen molar-refractivity contribution in [2.75, 3.05) is 5.88 Å². The molecular weight excluding hydrogens is 384 g/mol. The van der Waals surface area contributed by atoms with Gasteiger partial charge in [-0.3, -0.25) is 20.2 Å². The van der Waals surface area contributed by atoms with E-state index in [0.717, 1.165) is 6.07 Å². The van der Waals surface area contributed by atoms with Crippen molar-refractivity contribution in [3.05, 3.63) is 50.6 Å². The van der Waals surface area contributed by atoms with Crippen molar-refractivity contribution < 1.29 is 19.7 Å². The van der Waals surface area contributed by atoms with Crippen molar-refractivity contribution in [1.82, 2.24) is 0 Å². The van der Waals surface area contributed by atoms with E-state index < -0.39 is 21.7 Å². The number of thioether (sulfide) groups is 1. The van der Waals surface area contributed by atoms with Gasteiger partial charge in [-0.15, -0.1) is 23.4 Å². The average Bonchev–Trinajstić information content (AvgIpc) is 2.59. The SMILES string of the molecule is O=C([O-])C(CCCl)C1CC=CC(Sc2ccc([N+](=O)[O-])cc2[N+](=O)[O-])C1. The first kappa shape index (κ1) is 20.2. The summed E-state index contributed by atoms with van der Waals surface area (Å²) in [5.74, 6) is -1.77. The molecule has 10 heteroatoms. The third-order valence-corrected chi connectivity index (χ3v) is 5.71. The summed E-state index contributed by atoms with van der Waals surface area (Å²) in [5.41, 5.74) is -0.686. The van der Waals surface area contributed by atoms with E-state index in [1.807, 2.05) is 12.2 Å². The highest BCUT2D eigenvalue weighted by Gasteiger charge is 2.29. The monoisotopic (exact) mass is 399 g/mol. The van der Waals surface area contributed by atoms with Gasteiger partial charge in [-0.1, -0.05) is 12.2 Å². The molecule has 0 N–H and O–H groups in total. The number of allylic oxidation sites excluding steroid dienone is 1. The predicted octanol–water partition coefficient (Wildman–Crippen LogP) is 2.92. The van der Waals surface area contributed by atoms with Crippen molar-refractivity contribution in [1.29, 1.82) is 0 Å². The molecule has 0 radical (unpaired) electrons. The van der Waals surface area contributed by atoms with Gasteiger partial charge >= 0.3 is 0 Å². The van der Waals surface area contributed by atoms with Gasteiger partial charge in [-0.05, 0) is 31.2 Å². The van der Waals surface area contributed by atoms with E-state index in [4.69, 9.17) is 11.6 Å². The number of nitrogens with zero attached hydrogens (tertiary/aromatic N) is 2. The zero-order chi connectivity index (χ0) is 19.3. The number of aliphatic carboxylic acids is 1. The van der Waals surface area contributed by atoms with Crippen molar-refractivity contribution in [3.63, 3.8) is 0 Å². The predicted molar refractivity (Wildman–Crippen MR) is 95.1 cm³/mol. The number of benzene rings is 1. The number of carboxylic acid groups (broad SMARTS) is 1. The number of nitro benzene ring substituents is 2. The number of rotatable bonds is 8.